The fourth-order valence-corrected chi connectivity index (χ4v) is 3.26. The number of amides is 1. The summed E-state index contributed by atoms with van der Waals surface area (Å²) in [6, 6.07) is 17.7. The SMILES string of the molecule is N#Cc1cccc(Oc2ccc(NC(=O)c3sccc3-n3cnnn3)cc2)c1. The van der Waals surface area contributed by atoms with Gasteiger partial charge in [-0.2, -0.15) is 9.94 Å². The highest BCUT2D eigenvalue weighted by Crippen LogP contribution is 2.25. The lowest BCUT2D eigenvalue weighted by Crippen LogP contribution is -2.13. The summed E-state index contributed by atoms with van der Waals surface area (Å²) in [5.74, 6) is 0.912. The third kappa shape index (κ3) is 3.72. The Morgan fingerprint density at radius 2 is 2.00 bits per heavy atom. The van der Waals surface area contributed by atoms with E-state index < -0.39 is 0 Å². The Hall–Kier alpha value is -4.03. The molecule has 136 valence electrons. The van der Waals surface area contributed by atoms with Gasteiger partial charge in [0.05, 0.1) is 17.3 Å². The molecule has 4 aromatic rings. The lowest BCUT2D eigenvalue weighted by molar-refractivity contribution is 0.103. The molecule has 0 bridgehead atoms. The molecule has 0 saturated heterocycles. The minimum Gasteiger partial charge on any atom is -0.457 e. The van der Waals surface area contributed by atoms with E-state index in [4.69, 9.17) is 10.00 Å². The van der Waals surface area contributed by atoms with Crippen molar-refractivity contribution in [2.24, 2.45) is 0 Å². The number of thiophene rings is 1. The number of carbonyl (C=O) groups is 1. The predicted molar refractivity (Wildman–Crippen MR) is 103 cm³/mol. The molecular formula is C19H12N6O2S. The van der Waals surface area contributed by atoms with Crippen molar-refractivity contribution in [1.82, 2.24) is 20.2 Å². The van der Waals surface area contributed by atoms with Gasteiger partial charge in [-0.05, 0) is 64.3 Å². The first-order chi connectivity index (χ1) is 13.7. The van der Waals surface area contributed by atoms with Gasteiger partial charge in [-0.25, -0.2) is 0 Å². The van der Waals surface area contributed by atoms with Crippen molar-refractivity contribution in [3.05, 3.63) is 76.7 Å². The number of nitrogens with zero attached hydrogens (tertiary/aromatic N) is 5. The number of tetrazole rings is 1. The topological polar surface area (TPSA) is 106 Å². The molecule has 0 spiro atoms. The maximum absolute atomic E-state index is 12.6. The van der Waals surface area contributed by atoms with Gasteiger partial charge < -0.3 is 10.1 Å². The second-order valence-electron chi connectivity index (χ2n) is 5.61. The molecule has 0 aliphatic heterocycles. The molecule has 0 saturated carbocycles. The highest BCUT2D eigenvalue weighted by atomic mass is 32.1. The van der Waals surface area contributed by atoms with Gasteiger partial charge in [-0.15, -0.1) is 16.4 Å². The minimum absolute atomic E-state index is 0.254. The summed E-state index contributed by atoms with van der Waals surface area (Å²) in [5.41, 5.74) is 1.76. The Labute approximate surface area is 163 Å². The maximum Gasteiger partial charge on any atom is 0.267 e. The summed E-state index contributed by atoms with van der Waals surface area (Å²) in [7, 11) is 0. The number of hydrogen-bond donors (Lipinski definition) is 1. The van der Waals surface area contributed by atoms with E-state index in [1.807, 2.05) is 0 Å². The van der Waals surface area contributed by atoms with E-state index >= 15 is 0 Å². The zero-order chi connectivity index (χ0) is 19.3. The molecule has 8 nitrogen and oxygen atoms in total. The first kappa shape index (κ1) is 17.4. The van der Waals surface area contributed by atoms with E-state index in [1.165, 1.54) is 22.3 Å². The fraction of sp³-hybridized carbons (Fsp3) is 0. The minimum atomic E-state index is -0.254. The molecule has 1 amide bonds. The molecule has 0 aliphatic rings. The molecule has 0 aliphatic carbocycles. The van der Waals surface area contributed by atoms with Crippen LogP contribution in [0.2, 0.25) is 0 Å². The first-order valence-electron chi connectivity index (χ1n) is 8.13. The van der Waals surface area contributed by atoms with Crippen molar-refractivity contribution in [2.75, 3.05) is 5.32 Å². The Balaban J connectivity index is 1.46. The van der Waals surface area contributed by atoms with E-state index in [0.717, 1.165) is 0 Å². The van der Waals surface area contributed by atoms with E-state index in [9.17, 15) is 4.79 Å². The lowest BCUT2D eigenvalue weighted by Gasteiger charge is -2.08. The zero-order valence-corrected chi connectivity index (χ0v) is 15.1. The summed E-state index contributed by atoms with van der Waals surface area (Å²) in [5, 5.41) is 24.6. The molecule has 9 heteroatoms. The van der Waals surface area contributed by atoms with Gasteiger partial charge in [0.2, 0.25) is 0 Å². The third-order valence-electron chi connectivity index (χ3n) is 3.76. The molecule has 1 N–H and O–H groups in total. The number of rotatable bonds is 5. The fourth-order valence-electron chi connectivity index (χ4n) is 2.48. The van der Waals surface area contributed by atoms with Crippen LogP contribution in [0.15, 0.2) is 66.3 Å². The molecule has 0 fully saturated rings. The molecule has 2 aromatic heterocycles. The molecular weight excluding hydrogens is 376 g/mol. The number of benzene rings is 2. The van der Waals surface area contributed by atoms with Gasteiger partial charge in [0.1, 0.15) is 22.7 Å². The van der Waals surface area contributed by atoms with E-state index in [0.29, 0.717) is 33.3 Å². The van der Waals surface area contributed by atoms with Gasteiger partial charge in [0.15, 0.2) is 0 Å². The highest BCUT2D eigenvalue weighted by molar-refractivity contribution is 7.12. The zero-order valence-electron chi connectivity index (χ0n) is 14.3. The first-order valence-corrected chi connectivity index (χ1v) is 9.01. The Morgan fingerprint density at radius 1 is 1.14 bits per heavy atom. The normalized spacial score (nSPS) is 10.2. The van der Waals surface area contributed by atoms with Crippen molar-refractivity contribution in [1.29, 1.82) is 5.26 Å². The van der Waals surface area contributed by atoms with Crippen molar-refractivity contribution >= 4 is 22.9 Å². The molecule has 0 unspecified atom stereocenters. The summed E-state index contributed by atoms with van der Waals surface area (Å²) >= 11 is 1.30. The molecule has 0 radical (unpaired) electrons. The van der Waals surface area contributed by atoms with Crippen molar-refractivity contribution < 1.29 is 9.53 Å². The van der Waals surface area contributed by atoms with Crippen LogP contribution >= 0.6 is 11.3 Å². The second-order valence-corrected chi connectivity index (χ2v) is 6.53. The Bertz CT molecular complexity index is 1150. The number of nitrogens with one attached hydrogen (secondary N) is 1. The van der Waals surface area contributed by atoms with Crippen LogP contribution in [-0.2, 0) is 0 Å². The number of carbonyl (C=O) groups excluding carboxylic acids is 1. The third-order valence-corrected chi connectivity index (χ3v) is 4.66. The lowest BCUT2D eigenvalue weighted by atomic mass is 10.2. The smallest absolute Gasteiger partial charge is 0.267 e. The number of hydrogen-bond acceptors (Lipinski definition) is 7. The maximum atomic E-state index is 12.6. The Morgan fingerprint density at radius 3 is 2.75 bits per heavy atom. The van der Waals surface area contributed by atoms with Crippen LogP contribution in [0.1, 0.15) is 15.2 Å². The quantitative estimate of drug-likeness (QED) is 0.559. The van der Waals surface area contributed by atoms with Gasteiger partial charge in [0.25, 0.3) is 5.91 Å². The average molecular weight is 388 g/mol. The Kier molecular flexibility index (Phi) is 4.78. The van der Waals surface area contributed by atoms with Crippen molar-refractivity contribution in [3.8, 4) is 23.3 Å². The molecule has 28 heavy (non-hydrogen) atoms. The van der Waals surface area contributed by atoms with Gasteiger partial charge in [0, 0.05) is 5.69 Å². The van der Waals surface area contributed by atoms with Crippen LogP contribution < -0.4 is 10.1 Å². The summed E-state index contributed by atoms with van der Waals surface area (Å²) < 4.78 is 7.18. The van der Waals surface area contributed by atoms with Crippen LogP contribution in [0, 0.1) is 11.3 Å². The van der Waals surface area contributed by atoms with Gasteiger partial charge in [-0.1, -0.05) is 6.07 Å². The second kappa shape index (κ2) is 7.69. The van der Waals surface area contributed by atoms with Gasteiger partial charge in [-0.3, -0.25) is 4.79 Å². The van der Waals surface area contributed by atoms with Crippen molar-refractivity contribution in [3.63, 3.8) is 0 Å². The van der Waals surface area contributed by atoms with E-state index in [2.05, 4.69) is 26.9 Å². The molecule has 0 atom stereocenters. The van der Waals surface area contributed by atoms with Crippen LogP contribution in [0.3, 0.4) is 0 Å². The number of nitriles is 1. The average Bonchev–Trinajstić information content (AvgIpc) is 3.41. The largest absolute Gasteiger partial charge is 0.457 e. The number of ether oxygens (including phenoxy) is 1. The summed E-state index contributed by atoms with van der Waals surface area (Å²) in [6.45, 7) is 0. The summed E-state index contributed by atoms with van der Waals surface area (Å²) in [4.78, 5) is 13.1. The van der Waals surface area contributed by atoms with Crippen LogP contribution in [0.4, 0.5) is 5.69 Å². The molecule has 4 rings (SSSR count). The molecule has 2 heterocycles. The number of aromatic nitrogens is 4. The van der Waals surface area contributed by atoms with E-state index in [1.54, 1.807) is 60.0 Å². The summed E-state index contributed by atoms with van der Waals surface area (Å²) in [6.07, 6.45) is 1.44. The van der Waals surface area contributed by atoms with Crippen molar-refractivity contribution in [2.45, 2.75) is 0 Å². The van der Waals surface area contributed by atoms with Crippen LogP contribution in [0.25, 0.3) is 5.69 Å². The van der Waals surface area contributed by atoms with E-state index in [-0.39, 0.29) is 5.91 Å². The monoisotopic (exact) mass is 388 g/mol. The van der Waals surface area contributed by atoms with Crippen LogP contribution in [0.5, 0.6) is 11.5 Å². The van der Waals surface area contributed by atoms with Crippen LogP contribution in [-0.4, -0.2) is 26.1 Å². The highest BCUT2D eigenvalue weighted by Gasteiger charge is 2.16. The molecule has 2 aromatic carbocycles. The predicted octanol–water partition coefficient (Wildman–Crippen LogP) is 3.64. The number of anilines is 1. The standard InChI is InChI=1S/C19H12N6O2S/c20-11-13-2-1-3-16(10-13)27-15-6-4-14(5-7-15)22-19(26)18-17(8-9-28-18)25-12-21-23-24-25/h1-10,12H,(H,22,26). The van der Waals surface area contributed by atoms with Gasteiger partial charge >= 0.3 is 0 Å².